The minimum Gasteiger partial charge on any atom is -0.479 e. The average molecular weight is 501 g/mol. The van der Waals surface area contributed by atoms with Crippen LogP contribution in [0.1, 0.15) is 29.0 Å². The number of nitrogens with zero attached hydrogens (tertiary/aromatic N) is 5. The van der Waals surface area contributed by atoms with Crippen LogP contribution < -0.4 is 15.0 Å². The molecule has 0 radical (unpaired) electrons. The molecule has 0 aliphatic carbocycles. The Balaban J connectivity index is 1.35. The van der Waals surface area contributed by atoms with Gasteiger partial charge in [-0.25, -0.2) is 15.0 Å². The summed E-state index contributed by atoms with van der Waals surface area (Å²) in [5, 5.41) is 16.4. The fourth-order valence-electron chi connectivity index (χ4n) is 4.48. The maximum atomic E-state index is 13.2. The average Bonchev–Trinajstić information content (AvgIpc) is 3.35. The Morgan fingerprint density at radius 2 is 1.95 bits per heavy atom. The van der Waals surface area contributed by atoms with Gasteiger partial charge in [-0.2, -0.15) is 0 Å². The number of carbonyl (C=O) groups is 1. The number of aryl methyl sites for hydroxylation is 1. The van der Waals surface area contributed by atoms with E-state index in [4.69, 9.17) is 9.26 Å². The zero-order valence-corrected chi connectivity index (χ0v) is 20.7. The number of rotatable bonds is 7. The lowest BCUT2D eigenvalue weighted by Crippen LogP contribution is -2.37. The molecule has 3 aromatic heterocycles. The van der Waals surface area contributed by atoms with Crippen molar-refractivity contribution in [1.82, 2.24) is 20.1 Å². The number of hydrogen-bond acceptors (Lipinski definition) is 9. The number of methoxy groups -OCH3 is 1. The lowest BCUT2D eigenvalue weighted by Gasteiger charge is -2.31. The summed E-state index contributed by atoms with van der Waals surface area (Å²) < 4.78 is 10.8. The number of benzene rings is 1. The Kier molecular flexibility index (Phi) is 7.09. The van der Waals surface area contributed by atoms with E-state index in [2.05, 4.69) is 30.3 Å². The second-order valence-corrected chi connectivity index (χ2v) is 8.94. The number of aliphatic hydroxyl groups is 1. The number of hydrogen-bond donors (Lipinski definition) is 2. The van der Waals surface area contributed by atoms with Crippen LogP contribution in [0.4, 0.5) is 11.6 Å². The Hall–Kier alpha value is -4.31. The van der Waals surface area contributed by atoms with Gasteiger partial charge in [0.2, 0.25) is 11.8 Å². The summed E-state index contributed by atoms with van der Waals surface area (Å²) in [6.45, 7) is 3.48. The maximum absolute atomic E-state index is 13.2. The number of anilines is 2. The summed E-state index contributed by atoms with van der Waals surface area (Å²) in [4.78, 5) is 28.9. The normalized spacial score (nSPS) is 15.4. The second-order valence-electron chi connectivity index (χ2n) is 8.94. The first-order chi connectivity index (χ1) is 18.1. The number of aromatic nitrogens is 4. The Morgan fingerprint density at radius 3 is 2.68 bits per heavy atom. The summed E-state index contributed by atoms with van der Waals surface area (Å²) in [5.74, 6) is 1.18. The molecule has 1 aliphatic rings. The number of piperidine rings is 1. The van der Waals surface area contributed by atoms with Crippen molar-refractivity contribution in [3.8, 4) is 28.4 Å². The van der Waals surface area contributed by atoms with E-state index in [1.54, 1.807) is 31.5 Å². The molecule has 1 fully saturated rings. The fourth-order valence-corrected chi connectivity index (χ4v) is 4.48. The highest BCUT2D eigenvalue weighted by Gasteiger charge is 2.24. The molecule has 4 heterocycles. The van der Waals surface area contributed by atoms with Crippen LogP contribution >= 0.6 is 0 Å². The van der Waals surface area contributed by atoms with E-state index in [0.717, 1.165) is 37.1 Å². The monoisotopic (exact) mass is 500 g/mol. The SMILES string of the molecule is COc1nc(-c2cnc(N3CCCC(CO)C3)nc2)ccc1NC(=O)c1c(-c2ccccc2)noc1C. The molecular weight excluding hydrogens is 472 g/mol. The molecule has 190 valence electrons. The number of aliphatic hydroxyl groups excluding tert-OH is 1. The van der Waals surface area contributed by atoms with Crippen LogP contribution in [0.15, 0.2) is 59.4 Å². The van der Waals surface area contributed by atoms with Crippen LogP contribution in [0.2, 0.25) is 0 Å². The summed E-state index contributed by atoms with van der Waals surface area (Å²) in [6.07, 6.45) is 5.46. The molecule has 1 unspecified atom stereocenters. The first kappa shape index (κ1) is 24.4. The fraction of sp³-hybridized carbons (Fsp3) is 0.296. The molecule has 2 N–H and O–H groups in total. The number of amides is 1. The van der Waals surface area contributed by atoms with Crippen LogP contribution in [0.3, 0.4) is 0 Å². The molecule has 1 amide bonds. The molecule has 1 aromatic carbocycles. The van der Waals surface area contributed by atoms with Gasteiger partial charge in [0.15, 0.2) is 0 Å². The predicted molar refractivity (Wildman–Crippen MR) is 138 cm³/mol. The molecule has 5 rings (SSSR count). The van der Waals surface area contributed by atoms with Crippen LogP contribution in [-0.2, 0) is 0 Å². The molecular formula is C27H28N6O4. The van der Waals surface area contributed by atoms with Crippen molar-refractivity contribution in [2.24, 2.45) is 5.92 Å². The number of pyridine rings is 1. The largest absolute Gasteiger partial charge is 0.479 e. The summed E-state index contributed by atoms with van der Waals surface area (Å²) in [7, 11) is 1.50. The third-order valence-electron chi connectivity index (χ3n) is 6.43. The topological polar surface area (TPSA) is 126 Å². The zero-order valence-electron chi connectivity index (χ0n) is 20.7. The van der Waals surface area contributed by atoms with E-state index in [1.807, 2.05) is 30.3 Å². The molecule has 0 spiro atoms. The van der Waals surface area contributed by atoms with Gasteiger partial charge in [-0.3, -0.25) is 4.79 Å². The lowest BCUT2D eigenvalue weighted by atomic mass is 9.99. The molecule has 0 bridgehead atoms. The van der Waals surface area contributed by atoms with Gasteiger partial charge >= 0.3 is 0 Å². The molecule has 1 saturated heterocycles. The van der Waals surface area contributed by atoms with Gasteiger partial charge in [0, 0.05) is 43.2 Å². The Labute approximate surface area is 214 Å². The third kappa shape index (κ3) is 5.14. The summed E-state index contributed by atoms with van der Waals surface area (Å²) in [6, 6.07) is 12.9. The first-order valence-electron chi connectivity index (χ1n) is 12.1. The second kappa shape index (κ2) is 10.8. The minimum absolute atomic E-state index is 0.172. The van der Waals surface area contributed by atoms with Gasteiger partial charge in [-0.15, -0.1) is 0 Å². The highest BCUT2D eigenvalue weighted by Crippen LogP contribution is 2.30. The molecule has 10 heteroatoms. The maximum Gasteiger partial charge on any atom is 0.261 e. The highest BCUT2D eigenvalue weighted by molar-refractivity contribution is 6.09. The molecule has 37 heavy (non-hydrogen) atoms. The van der Waals surface area contributed by atoms with Crippen LogP contribution in [0.5, 0.6) is 5.88 Å². The Bertz CT molecular complexity index is 1370. The van der Waals surface area contributed by atoms with E-state index in [1.165, 1.54) is 7.11 Å². The molecule has 1 aliphatic heterocycles. The predicted octanol–water partition coefficient (Wildman–Crippen LogP) is 3.97. The highest BCUT2D eigenvalue weighted by atomic mass is 16.5. The van der Waals surface area contributed by atoms with E-state index in [-0.39, 0.29) is 24.3 Å². The van der Waals surface area contributed by atoms with Gasteiger partial charge in [-0.1, -0.05) is 35.5 Å². The van der Waals surface area contributed by atoms with Gasteiger partial charge in [0.25, 0.3) is 5.91 Å². The Morgan fingerprint density at radius 1 is 1.16 bits per heavy atom. The summed E-state index contributed by atoms with van der Waals surface area (Å²) >= 11 is 0. The lowest BCUT2D eigenvalue weighted by molar-refractivity contribution is 0.102. The van der Waals surface area contributed by atoms with Crippen LogP contribution in [-0.4, -0.2) is 57.9 Å². The molecule has 4 aromatic rings. The standard InChI is InChI=1S/C27H28N6O4/c1-17-23(24(32-37-17)19-8-4-3-5-9-19)25(35)30-22-11-10-21(31-26(22)36-2)20-13-28-27(29-14-20)33-12-6-7-18(15-33)16-34/h3-5,8-11,13-14,18,34H,6-7,12,15-16H2,1-2H3,(H,30,35). The van der Waals surface area contributed by atoms with E-state index in [9.17, 15) is 9.90 Å². The van der Waals surface area contributed by atoms with E-state index < -0.39 is 0 Å². The molecule has 1 atom stereocenters. The minimum atomic E-state index is -0.374. The van der Waals surface area contributed by atoms with Crippen molar-refractivity contribution in [2.75, 3.05) is 37.0 Å². The summed E-state index contributed by atoms with van der Waals surface area (Å²) in [5.41, 5.74) is 3.34. The smallest absolute Gasteiger partial charge is 0.261 e. The van der Waals surface area contributed by atoms with E-state index in [0.29, 0.717) is 34.3 Å². The van der Waals surface area contributed by atoms with Gasteiger partial charge < -0.3 is 24.6 Å². The van der Waals surface area contributed by atoms with Crippen molar-refractivity contribution in [3.63, 3.8) is 0 Å². The van der Waals surface area contributed by atoms with Crippen LogP contribution in [0.25, 0.3) is 22.5 Å². The number of nitrogens with one attached hydrogen (secondary N) is 1. The van der Waals surface area contributed by atoms with Gasteiger partial charge in [0.05, 0.1) is 12.8 Å². The first-order valence-corrected chi connectivity index (χ1v) is 12.1. The van der Waals surface area contributed by atoms with Gasteiger partial charge in [-0.05, 0) is 37.8 Å². The van der Waals surface area contributed by atoms with Crippen molar-refractivity contribution in [1.29, 1.82) is 0 Å². The zero-order chi connectivity index (χ0) is 25.8. The molecule has 0 saturated carbocycles. The van der Waals surface area contributed by atoms with E-state index >= 15 is 0 Å². The van der Waals surface area contributed by atoms with Crippen LogP contribution in [0, 0.1) is 12.8 Å². The van der Waals surface area contributed by atoms with Crippen molar-refractivity contribution >= 4 is 17.5 Å². The number of ether oxygens (including phenoxy) is 1. The quantitative estimate of drug-likeness (QED) is 0.387. The number of carbonyl (C=O) groups excluding carboxylic acids is 1. The van der Waals surface area contributed by atoms with Crippen molar-refractivity contribution in [2.45, 2.75) is 19.8 Å². The van der Waals surface area contributed by atoms with Gasteiger partial charge in [0.1, 0.15) is 22.7 Å². The molecule has 10 nitrogen and oxygen atoms in total. The third-order valence-corrected chi connectivity index (χ3v) is 6.43. The van der Waals surface area contributed by atoms with Crippen molar-refractivity contribution < 1.29 is 19.2 Å². The van der Waals surface area contributed by atoms with Crippen molar-refractivity contribution in [3.05, 3.63) is 66.2 Å².